The highest BCUT2D eigenvalue weighted by Gasteiger charge is 2.30. The van der Waals surface area contributed by atoms with Crippen molar-refractivity contribution < 1.29 is 19.4 Å². The van der Waals surface area contributed by atoms with Crippen LogP contribution in [0.4, 0.5) is 4.79 Å². The summed E-state index contributed by atoms with van der Waals surface area (Å²) in [6, 6.07) is 24.8. The summed E-state index contributed by atoms with van der Waals surface area (Å²) in [5.41, 5.74) is 5.52. The quantitative estimate of drug-likeness (QED) is 0.648. The van der Waals surface area contributed by atoms with E-state index in [4.69, 9.17) is 10.00 Å². The van der Waals surface area contributed by atoms with Gasteiger partial charge in [-0.1, -0.05) is 60.7 Å². The lowest BCUT2D eigenvalue weighted by atomic mass is 9.98. The molecule has 0 aromatic heterocycles. The number of carbonyl (C=O) groups excluding carboxylic acids is 1. The van der Waals surface area contributed by atoms with Crippen molar-refractivity contribution in [1.82, 2.24) is 4.90 Å². The van der Waals surface area contributed by atoms with Gasteiger partial charge in [-0.05, 0) is 39.9 Å². The number of carbonyl (C=O) groups is 2. The van der Waals surface area contributed by atoms with Gasteiger partial charge in [0.1, 0.15) is 13.2 Å². The molecule has 1 aliphatic rings. The number of nitriles is 1. The molecule has 0 saturated carbocycles. The van der Waals surface area contributed by atoms with Crippen molar-refractivity contribution in [2.75, 3.05) is 13.2 Å². The molecule has 154 valence electrons. The molecule has 4 rings (SSSR count). The fraction of sp³-hybridized carbons (Fsp3) is 0.160. The number of fused-ring (bicyclic) bond motifs is 3. The first kappa shape index (κ1) is 20.2. The van der Waals surface area contributed by atoms with Gasteiger partial charge in [-0.25, -0.2) is 4.79 Å². The summed E-state index contributed by atoms with van der Waals surface area (Å²) < 4.78 is 5.59. The molecule has 31 heavy (non-hydrogen) atoms. The third kappa shape index (κ3) is 4.26. The number of aliphatic carboxylic acids is 1. The molecule has 3 aromatic rings. The highest BCUT2D eigenvalue weighted by molar-refractivity contribution is 5.79. The summed E-state index contributed by atoms with van der Waals surface area (Å²) in [4.78, 5) is 25.2. The zero-order valence-corrected chi connectivity index (χ0v) is 16.7. The first-order chi connectivity index (χ1) is 15.1. The number of hydrogen-bond donors (Lipinski definition) is 1. The van der Waals surface area contributed by atoms with Crippen molar-refractivity contribution in [3.05, 3.63) is 95.1 Å². The minimum atomic E-state index is -1.13. The van der Waals surface area contributed by atoms with Crippen LogP contribution >= 0.6 is 0 Å². The Kier molecular flexibility index (Phi) is 5.67. The number of hydrogen-bond acceptors (Lipinski definition) is 4. The second kappa shape index (κ2) is 8.72. The summed E-state index contributed by atoms with van der Waals surface area (Å²) in [6.07, 6.45) is -0.702. The van der Waals surface area contributed by atoms with Crippen molar-refractivity contribution in [1.29, 1.82) is 5.26 Å². The third-order valence-electron chi connectivity index (χ3n) is 5.35. The Morgan fingerprint density at radius 1 is 0.968 bits per heavy atom. The number of amides is 1. The van der Waals surface area contributed by atoms with Crippen LogP contribution in [-0.4, -0.2) is 35.2 Å². The molecular weight excluding hydrogens is 392 g/mol. The van der Waals surface area contributed by atoms with Gasteiger partial charge >= 0.3 is 12.1 Å². The molecule has 1 amide bonds. The zero-order chi connectivity index (χ0) is 21.8. The number of carboxylic acids is 1. The van der Waals surface area contributed by atoms with E-state index >= 15 is 0 Å². The monoisotopic (exact) mass is 412 g/mol. The number of carboxylic acid groups (broad SMARTS) is 1. The minimum Gasteiger partial charge on any atom is -0.480 e. The van der Waals surface area contributed by atoms with Crippen LogP contribution in [0.25, 0.3) is 11.1 Å². The SMILES string of the molecule is N#Cc1cccc(CN(CC(=O)O)C(=O)OCC2c3ccccc3-c3ccccc32)c1. The van der Waals surface area contributed by atoms with Gasteiger partial charge in [0.2, 0.25) is 0 Å². The standard InChI is InChI=1S/C25H20N2O4/c26-13-17-6-5-7-18(12-17)14-27(15-24(28)29)25(30)31-16-23-21-10-3-1-8-19(21)20-9-2-4-11-22(20)23/h1-12,23H,14-16H2,(H,28,29). The molecule has 0 fully saturated rings. The van der Waals surface area contributed by atoms with Crippen LogP contribution in [0.1, 0.15) is 28.2 Å². The molecule has 1 N–H and O–H groups in total. The van der Waals surface area contributed by atoms with Crippen LogP contribution in [0.2, 0.25) is 0 Å². The molecular formula is C25H20N2O4. The molecule has 0 aliphatic heterocycles. The molecule has 3 aromatic carbocycles. The highest BCUT2D eigenvalue weighted by Crippen LogP contribution is 2.44. The van der Waals surface area contributed by atoms with E-state index < -0.39 is 18.6 Å². The van der Waals surface area contributed by atoms with Gasteiger partial charge in [-0.3, -0.25) is 9.69 Å². The van der Waals surface area contributed by atoms with Gasteiger partial charge < -0.3 is 9.84 Å². The van der Waals surface area contributed by atoms with Gasteiger partial charge in [-0.15, -0.1) is 0 Å². The van der Waals surface area contributed by atoms with Gasteiger partial charge in [-0.2, -0.15) is 5.26 Å². The predicted molar refractivity (Wildman–Crippen MR) is 114 cm³/mol. The molecule has 0 unspecified atom stereocenters. The molecule has 0 bridgehead atoms. The van der Waals surface area contributed by atoms with E-state index in [9.17, 15) is 14.7 Å². The maximum absolute atomic E-state index is 12.8. The lowest BCUT2D eigenvalue weighted by Crippen LogP contribution is -2.36. The van der Waals surface area contributed by atoms with Gasteiger partial charge in [0.05, 0.1) is 11.6 Å². The number of benzene rings is 3. The smallest absolute Gasteiger partial charge is 0.410 e. The topological polar surface area (TPSA) is 90.6 Å². The highest BCUT2D eigenvalue weighted by atomic mass is 16.6. The van der Waals surface area contributed by atoms with Crippen molar-refractivity contribution in [2.45, 2.75) is 12.5 Å². The van der Waals surface area contributed by atoms with Crippen LogP contribution in [0.15, 0.2) is 72.8 Å². The summed E-state index contributed by atoms with van der Waals surface area (Å²) in [6.45, 7) is -0.340. The van der Waals surface area contributed by atoms with Crippen LogP contribution in [0.5, 0.6) is 0 Å². The molecule has 6 nitrogen and oxygen atoms in total. The van der Waals surface area contributed by atoms with E-state index in [1.54, 1.807) is 24.3 Å². The Morgan fingerprint density at radius 3 is 2.23 bits per heavy atom. The summed E-state index contributed by atoms with van der Waals surface area (Å²) in [5.74, 6) is -1.24. The Labute approximate surface area is 179 Å². The second-order valence-corrected chi connectivity index (χ2v) is 7.37. The maximum Gasteiger partial charge on any atom is 0.410 e. The molecule has 1 aliphatic carbocycles. The summed E-state index contributed by atoms with van der Waals surface area (Å²) in [5, 5.41) is 18.3. The minimum absolute atomic E-state index is 0.0402. The van der Waals surface area contributed by atoms with Crippen LogP contribution in [0.3, 0.4) is 0 Å². The Bertz CT molecular complexity index is 1140. The third-order valence-corrected chi connectivity index (χ3v) is 5.35. The van der Waals surface area contributed by atoms with Gasteiger partial charge in [0, 0.05) is 12.5 Å². The first-order valence-electron chi connectivity index (χ1n) is 9.87. The molecule has 0 spiro atoms. The Hall–Kier alpha value is -4.11. The average Bonchev–Trinajstić information content (AvgIpc) is 3.10. The van der Waals surface area contributed by atoms with Gasteiger partial charge in [0.15, 0.2) is 0 Å². The average molecular weight is 412 g/mol. The van der Waals surface area contributed by atoms with Gasteiger partial charge in [0.25, 0.3) is 0 Å². The fourth-order valence-electron chi connectivity index (χ4n) is 3.99. The predicted octanol–water partition coefficient (Wildman–Crippen LogP) is 4.39. The fourth-order valence-corrected chi connectivity index (χ4v) is 3.99. The number of rotatable bonds is 6. The number of nitrogens with zero attached hydrogens (tertiary/aromatic N) is 2. The largest absolute Gasteiger partial charge is 0.480 e. The first-order valence-corrected chi connectivity index (χ1v) is 9.87. The van der Waals surface area contributed by atoms with E-state index in [1.807, 2.05) is 42.5 Å². The lowest BCUT2D eigenvalue weighted by molar-refractivity contribution is -0.138. The summed E-state index contributed by atoms with van der Waals surface area (Å²) in [7, 11) is 0. The van der Waals surface area contributed by atoms with E-state index in [0.29, 0.717) is 11.1 Å². The molecule has 0 saturated heterocycles. The molecule has 6 heteroatoms. The normalized spacial score (nSPS) is 11.8. The van der Waals surface area contributed by atoms with Crippen LogP contribution in [0, 0.1) is 11.3 Å². The number of ether oxygens (including phenoxy) is 1. The molecule has 0 radical (unpaired) electrons. The van der Waals surface area contributed by atoms with Crippen LogP contribution < -0.4 is 0 Å². The summed E-state index contributed by atoms with van der Waals surface area (Å²) >= 11 is 0. The maximum atomic E-state index is 12.8. The van der Waals surface area contributed by atoms with Crippen molar-refractivity contribution in [3.8, 4) is 17.2 Å². The lowest BCUT2D eigenvalue weighted by Gasteiger charge is -2.22. The molecule has 0 atom stereocenters. The van der Waals surface area contributed by atoms with Crippen LogP contribution in [-0.2, 0) is 16.1 Å². The zero-order valence-electron chi connectivity index (χ0n) is 16.7. The van der Waals surface area contributed by atoms with Crippen molar-refractivity contribution in [2.24, 2.45) is 0 Å². The molecule has 0 heterocycles. The van der Waals surface area contributed by atoms with E-state index in [0.717, 1.165) is 27.2 Å². The second-order valence-electron chi connectivity index (χ2n) is 7.37. The van der Waals surface area contributed by atoms with Crippen molar-refractivity contribution >= 4 is 12.1 Å². The van der Waals surface area contributed by atoms with E-state index in [-0.39, 0.29) is 19.1 Å². The Balaban J connectivity index is 1.52. The van der Waals surface area contributed by atoms with E-state index in [2.05, 4.69) is 12.1 Å². The van der Waals surface area contributed by atoms with Crippen molar-refractivity contribution in [3.63, 3.8) is 0 Å². The Morgan fingerprint density at radius 2 is 1.61 bits per heavy atom. The van der Waals surface area contributed by atoms with E-state index in [1.165, 1.54) is 0 Å².